The first-order chi connectivity index (χ1) is 15.3. The molecule has 1 N–H and O–H groups in total. The first-order valence-corrected chi connectivity index (χ1v) is 10.2. The van der Waals surface area contributed by atoms with Crippen LogP contribution < -0.4 is 14.8 Å². The normalized spacial score (nSPS) is 15.1. The van der Waals surface area contributed by atoms with Crippen LogP contribution in [0, 0.1) is 17.2 Å². The number of likely N-dealkylation sites (tertiary alicyclic amines) is 1. The van der Waals surface area contributed by atoms with Crippen molar-refractivity contribution in [3.05, 3.63) is 59.2 Å². The van der Waals surface area contributed by atoms with Gasteiger partial charge in [-0.05, 0) is 55.8 Å². The number of carbonyl (C=O) groups excluding carboxylic acids is 1. The highest BCUT2D eigenvalue weighted by molar-refractivity contribution is 5.78. The second-order valence-corrected chi connectivity index (χ2v) is 7.60. The Kier molecular flexibility index (Phi) is 7.59. The lowest BCUT2D eigenvalue weighted by atomic mass is 9.95. The second-order valence-electron chi connectivity index (χ2n) is 7.60. The van der Waals surface area contributed by atoms with Crippen LogP contribution in [0.2, 0.25) is 0 Å². The zero-order chi connectivity index (χ0) is 23.1. The molecule has 1 aliphatic heterocycles. The number of nitriles is 1. The van der Waals surface area contributed by atoms with Gasteiger partial charge in [-0.2, -0.15) is 5.26 Å². The molecule has 1 aliphatic rings. The fourth-order valence-electron chi connectivity index (χ4n) is 3.66. The summed E-state index contributed by atoms with van der Waals surface area (Å²) in [6, 6.07) is 13.4. The van der Waals surface area contributed by atoms with E-state index in [0.717, 1.165) is 37.0 Å². The van der Waals surface area contributed by atoms with Crippen molar-refractivity contribution in [2.75, 3.05) is 20.2 Å². The Morgan fingerprint density at radius 3 is 2.47 bits per heavy atom. The summed E-state index contributed by atoms with van der Waals surface area (Å²) in [6.07, 6.45) is -3.55. The molecule has 170 valence electrons. The molecular weight excluding hydrogens is 423 g/mol. The van der Waals surface area contributed by atoms with E-state index in [1.807, 2.05) is 24.3 Å². The van der Waals surface area contributed by atoms with E-state index in [-0.39, 0.29) is 29.5 Å². The van der Waals surface area contributed by atoms with Gasteiger partial charge < -0.3 is 14.8 Å². The molecule has 1 heterocycles. The maximum Gasteiger partial charge on any atom is 0.573 e. The topological polar surface area (TPSA) is 74.6 Å². The van der Waals surface area contributed by atoms with E-state index >= 15 is 0 Å². The predicted molar refractivity (Wildman–Crippen MR) is 111 cm³/mol. The van der Waals surface area contributed by atoms with Crippen LogP contribution in [0.25, 0.3) is 0 Å². The molecule has 2 aromatic carbocycles. The molecule has 0 spiro atoms. The molecule has 1 amide bonds. The summed E-state index contributed by atoms with van der Waals surface area (Å²) in [5, 5.41) is 11.6. The number of alkyl halides is 3. The van der Waals surface area contributed by atoms with Crippen LogP contribution in [0.3, 0.4) is 0 Å². The minimum Gasteiger partial charge on any atom is -0.497 e. The van der Waals surface area contributed by atoms with Crippen molar-refractivity contribution in [1.29, 1.82) is 5.26 Å². The van der Waals surface area contributed by atoms with Gasteiger partial charge in [0.1, 0.15) is 11.5 Å². The van der Waals surface area contributed by atoms with Crippen molar-refractivity contribution in [2.24, 2.45) is 5.92 Å². The molecule has 32 heavy (non-hydrogen) atoms. The standard InChI is InChI=1S/C23H24F3N3O3/c1-31-20-6-3-16(4-7-20)15-29-10-8-18(9-11-29)22(30)28-14-19-5-2-17(13-27)12-21(19)32-23(24,25)26/h2-7,12,18H,8-11,14-15H2,1H3,(H,28,30). The highest BCUT2D eigenvalue weighted by Gasteiger charge is 2.32. The average molecular weight is 447 g/mol. The number of methoxy groups -OCH3 is 1. The fourth-order valence-corrected chi connectivity index (χ4v) is 3.66. The maximum absolute atomic E-state index is 12.7. The van der Waals surface area contributed by atoms with E-state index in [9.17, 15) is 18.0 Å². The molecule has 9 heteroatoms. The first-order valence-electron chi connectivity index (χ1n) is 10.2. The number of amides is 1. The largest absolute Gasteiger partial charge is 0.573 e. The van der Waals surface area contributed by atoms with Crippen molar-refractivity contribution in [1.82, 2.24) is 10.2 Å². The number of hydrogen-bond acceptors (Lipinski definition) is 5. The van der Waals surface area contributed by atoms with Crippen molar-refractivity contribution in [3.63, 3.8) is 0 Å². The Bertz CT molecular complexity index is 963. The van der Waals surface area contributed by atoms with Gasteiger partial charge in [0.05, 0.1) is 18.7 Å². The Morgan fingerprint density at radius 2 is 1.88 bits per heavy atom. The Balaban J connectivity index is 1.51. The van der Waals surface area contributed by atoms with Gasteiger partial charge in [0.25, 0.3) is 0 Å². The number of benzene rings is 2. The molecule has 0 saturated carbocycles. The van der Waals surface area contributed by atoms with E-state index in [4.69, 9.17) is 10.00 Å². The SMILES string of the molecule is COc1ccc(CN2CCC(C(=O)NCc3ccc(C#N)cc3OC(F)(F)F)CC2)cc1. The molecule has 0 unspecified atom stereocenters. The number of rotatable bonds is 7. The van der Waals surface area contributed by atoms with Crippen LogP contribution in [0.15, 0.2) is 42.5 Å². The third kappa shape index (κ3) is 6.62. The van der Waals surface area contributed by atoms with Gasteiger partial charge in [0.15, 0.2) is 0 Å². The van der Waals surface area contributed by atoms with Crippen molar-refractivity contribution < 1.29 is 27.4 Å². The van der Waals surface area contributed by atoms with E-state index in [0.29, 0.717) is 12.8 Å². The summed E-state index contributed by atoms with van der Waals surface area (Å²) in [6.45, 7) is 2.18. The van der Waals surface area contributed by atoms with Gasteiger partial charge in [-0.1, -0.05) is 18.2 Å². The quantitative estimate of drug-likeness (QED) is 0.695. The summed E-state index contributed by atoms with van der Waals surface area (Å²) in [4.78, 5) is 14.8. The van der Waals surface area contributed by atoms with Gasteiger partial charge in [0.2, 0.25) is 5.91 Å². The summed E-state index contributed by atoms with van der Waals surface area (Å²) in [7, 11) is 1.62. The molecule has 1 saturated heterocycles. The van der Waals surface area contributed by atoms with Gasteiger partial charge in [-0.15, -0.1) is 13.2 Å². The molecule has 1 fully saturated rings. The first kappa shape index (κ1) is 23.4. The van der Waals surface area contributed by atoms with Crippen LogP contribution in [0.1, 0.15) is 29.5 Å². The second kappa shape index (κ2) is 10.4. The molecule has 0 aliphatic carbocycles. The summed E-state index contributed by atoms with van der Waals surface area (Å²) in [5.41, 5.74) is 1.36. The summed E-state index contributed by atoms with van der Waals surface area (Å²) in [5.74, 6) is -0.0785. The minimum atomic E-state index is -4.89. The van der Waals surface area contributed by atoms with Gasteiger partial charge in [-0.25, -0.2) is 0 Å². The minimum absolute atomic E-state index is 0.0450. The van der Waals surface area contributed by atoms with Gasteiger partial charge >= 0.3 is 6.36 Å². The number of piperidine rings is 1. The predicted octanol–water partition coefficient (Wildman–Crippen LogP) is 3.99. The van der Waals surface area contributed by atoms with Crippen molar-refractivity contribution >= 4 is 5.91 Å². The van der Waals surface area contributed by atoms with Crippen molar-refractivity contribution in [2.45, 2.75) is 32.3 Å². The number of ether oxygens (including phenoxy) is 2. The average Bonchev–Trinajstić information content (AvgIpc) is 2.78. The van der Waals surface area contributed by atoms with Crippen LogP contribution >= 0.6 is 0 Å². The maximum atomic E-state index is 12.7. The third-order valence-electron chi connectivity index (χ3n) is 5.40. The fraction of sp³-hybridized carbons (Fsp3) is 0.391. The number of carbonyl (C=O) groups is 1. The highest BCUT2D eigenvalue weighted by atomic mass is 19.4. The third-order valence-corrected chi connectivity index (χ3v) is 5.40. The Morgan fingerprint density at radius 1 is 1.19 bits per heavy atom. The van der Waals surface area contributed by atoms with Crippen molar-refractivity contribution in [3.8, 4) is 17.6 Å². The number of halogens is 3. The molecular formula is C23H24F3N3O3. The van der Waals surface area contributed by atoms with Crippen LogP contribution in [-0.4, -0.2) is 37.4 Å². The molecule has 0 radical (unpaired) electrons. The van der Waals surface area contributed by atoms with Crippen LogP contribution in [0.5, 0.6) is 11.5 Å². The van der Waals surface area contributed by atoms with Gasteiger partial charge in [0, 0.05) is 24.6 Å². The number of nitrogens with zero attached hydrogens (tertiary/aromatic N) is 2. The monoisotopic (exact) mass is 447 g/mol. The van der Waals surface area contributed by atoms with E-state index in [2.05, 4.69) is 15.0 Å². The van der Waals surface area contributed by atoms with E-state index < -0.39 is 12.1 Å². The lowest BCUT2D eigenvalue weighted by Gasteiger charge is -2.31. The summed E-state index contributed by atoms with van der Waals surface area (Å²) < 4.78 is 47.2. The van der Waals surface area contributed by atoms with E-state index in [1.54, 1.807) is 13.2 Å². The number of hydrogen-bond donors (Lipinski definition) is 1. The lowest BCUT2D eigenvalue weighted by molar-refractivity contribution is -0.274. The molecule has 2 aromatic rings. The molecule has 0 aromatic heterocycles. The molecule has 0 bridgehead atoms. The molecule has 3 rings (SSSR count). The lowest BCUT2D eigenvalue weighted by Crippen LogP contribution is -2.40. The smallest absolute Gasteiger partial charge is 0.497 e. The van der Waals surface area contributed by atoms with Crippen LogP contribution in [-0.2, 0) is 17.9 Å². The van der Waals surface area contributed by atoms with Gasteiger partial charge in [-0.3, -0.25) is 9.69 Å². The Hall–Kier alpha value is -3.25. The zero-order valence-electron chi connectivity index (χ0n) is 17.6. The van der Waals surface area contributed by atoms with E-state index in [1.165, 1.54) is 12.1 Å². The highest BCUT2D eigenvalue weighted by Crippen LogP contribution is 2.28. The molecule has 6 nitrogen and oxygen atoms in total. The summed E-state index contributed by atoms with van der Waals surface area (Å²) >= 11 is 0. The van der Waals surface area contributed by atoms with Crippen LogP contribution in [0.4, 0.5) is 13.2 Å². The zero-order valence-corrected chi connectivity index (χ0v) is 17.6. The molecule has 0 atom stereocenters. The Labute approximate surface area is 184 Å². The number of nitrogens with one attached hydrogen (secondary N) is 1.